The minimum atomic E-state index is -2.62. The molecule has 8 heteroatoms. The lowest BCUT2D eigenvalue weighted by Crippen LogP contribution is -2.24. The Labute approximate surface area is 132 Å². The Morgan fingerprint density at radius 3 is 2.91 bits per heavy atom. The highest BCUT2D eigenvalue weighted by molar-refractivity contribution is 5.77. The third-order valence-corrected chi connectivity index (χ3v) is 3.11. The Morgan fingerprint density at radius 1 is 1.43 bits per heavy atom. The largest absolute Gasteiger partial charge is 0.484 e. The Balaban J connectivity index is 1.99. The number of carbonyl (C=O) groups excluding carboxylic acids is 1. The summed E-state index contributed by atoms with van der Waals surface area (Å²) in [7, 11) is 3.13. The maximum absolute atomic E-state index is 12.9. The summed E-state index contributed by atoms with van der Waals surface area (Å²) in [6.07, 6.45) is -1.06. The molecule has 0 fully saturated rings. The molecule has 0 aliphatic carbocycles. The van der Waals surface area contributed by atoms with E-state index in [1.54, 1.807) is 37.5 Å². The summed E-state index contributed by atoms with van der Waals surface area (Å²) in [6.45, 7) is 0.129. The fourth-order valence-corrected chi connectivity index (χ4v) is 1.99. The second-order valence-electron chi connectivity index (χ2n) is 4.86. The van der Waals surface area contributed by atoms with E-state index in [2.05, 4.69) is 15.7 Å². The highest BCUT2D eigenvalue weighted by Crippen LogP contribution is 2.23. The van der Waals surface area contributed by atoms with Crippen molar-refractivity contribution < 1.29 is 18.3 Å². The summed E-state index contributed by atoms with van der Waals surface area (Å²) < 4.78 is 32.4. The second kappa shape index (κ2) is 7.57. The fourth-order valence-electron chi connectivity index (χ4n) is 1.99. The number of aromatic nitrogens is 2. The van der Waals surface area contributed by atoms with Crippen LogP contribution >= 0.6 is 0 Å². The fraction of sp³-hybridized carbons (Fsp3) is 0.333. The molecule has 0 spiro atoms. The van der Waals surface area contributed by atoms with E-state index in [-0.39, 0.29) is 24.8 Å². The summed E-state index contributed by atoms with van der Waals surface area (Å²) >= 11 is 0. The lowest BCUT2D eigenvalue weighted by atomic mass is 10.2. The van der Waals surface area contributed by atoms with Crippen LogP contribution in [0.2, 0.25) is 0 Å². The number of benzene rings is 1. The molecule has 0 unspecified atom stereocenters. The quantitative estimate of drug-likeness (QED) is 0.818. The molecule has 0 saturated carbocycles. The number of halogens is 2. The van der Waals surface area contributed by atoms with Crippen molar-refractivity contribution in [2.75, 3.05) is 19.0 Å². The summed E-state index contributed by atoms with van der Waals surface area (Å²) in [4.78, 5) is 11.2. The van der Waals surface area contributed by atoms with Crippen LogP contribution in [0.5, 0.6) is 5.75 Å². The van der Waals surface area contributed by atoms with Gasteiger partial charge in [0.2, 0.25) is 0 Å². The zero-order chi connectivity index (χ0) is 16.8. The van der Waals surface area contributed by atoms with E-state index in [0.29, 0.717) is 17.0 Å². The standard InChI is InChI=1S/C15H18F2N4O2/c1-18-13(22)9-23-12-5-3-4-11(6-12)19-7-10-8-21(2)20-14(10)15(16)17/h3-6,8,15,19H,7,9H2,1-2H3,(H,18,22). The molecule has 1 amide bonds. The minimum absolute atomic E-state index is 0.0852. The van der Waals surface area contributed by atoms with E-state index < -0.39 is 6.43 Å². The van der Waals surface area contributed by atoms with Crippen molar-refractivity contribution in [1.29, 1.82) is 0 Å². The Bertz CT molecular complexity index is 673. The van der Waals surface area contributed by atoms with Gasteiger partial charge in [-0.1, -0.05) is 6.07 Å². The summed E-state index contributed by atoms with van der Waals surface area (Å²) in [5.41, 5.74) is 0.898. The van der Waals surface area contributed by atoms with Gasteiger partial charge >= 0.3 is 0 Å². The van der Waals surface area contributed by atoms with Crippen LogP contribution in [0.25, 0.3) is 0 Å². The van der Waals surface area contributed by atoms with Crippen LogP contribution in [0.1, 0.15) is 17.7 Å². The molecule has 2 rings (SSSR count). The number of likely N-dealkylation sites (N-methyl/N-ethyl adjacent to an activating group) is 1. The first-order valence-electron chi connectivity index (χ1n) is 6.97. The predicted molar refractivity (Wildman–Crippen MR) is 81.5 cm³/mol. The lowest BCUT2D eigenvalue weighted by Gasteiger charge is -2.09. The molecule has 0 saturated heterocycles. The number of aryl methyl sites for hydroxylation is 1. The van der Waals surface area contributed by atoms with Crippen molar-refractivity contribution in [2.45, 2.75) is 13.0 Å². The van der Waals surface area contributed by atoms with Crippen molar-refractivity contribution >= 4 is 11.6 Å². The van der Waals surface area contributed by atoms with Gasteiger partial charge in [-0.3, -0.25) is 9.48 Å². The topological polar surface area (TPSA) is 68.2 Å². The average Bonchev–Trinajstić information content (AvgIpc) is 2.92. The zero-order valence-electron chi connectivity index (χ0n) is 12.8. The van der Waals surface area contributed by atoms with Gasteiger partial charge in [-0.25, -0.2) is 8.78 Å². The van der Waals surface area contributed by atoms with Crippen LogP contribution in [-0.2, 0) is 18.4 Å². The summed E-state index contributed by atoms with van der Waals surface area (Å²) in [5.74, 6) is 0.277. The molecule has 0 radical (unpaired) electrons. The molecular formula is C15H18F2N4O2. The second-order valence-corrected chi connectivity index (χ2v) is 4.86. The van der Waals surface area contributed by atoms with Gasteiger partial charge in [0.1, 0.15) is 11.4 Å². The third kappa shape index (κ3) is 4.67. The van der Waals surface area contributed by atoms with Gasteiger partial charge < -0.3 is 15.4 Å². The lowest BCUT2D eigenvalue weighted by molar-refractivity contribution is -0.122. The predicted octanol–water partition coefficient (Wildman–Crippen LogP) is 2.09. The molecule has 0 bridgehead atoms. The van der Waals surface area contributed by atoms with Gasteiger partial charge in [-0.15, -0.1) is 0 Å². The molecule has 6 nitrogen and oxygen atoms in total. The SMILES string of the molecule is CNC(=O)COc1cccc(NCc2cn(C)nc2C(F)F)c1. The summed E-state index contributed by atoms with van der Waals surface area (Å²) in [5, 5.41) is 9.26. The van der Waals surface area contributed by atoms with E-state index in [1.807, 2.05) is 0 Å². The number of alkyl halides is 2. The molecule has 0 aliphatic rings. The van der Waals surface area contributed by atoms with Gasteiger partial charge in [-0.2, -0.15) is 5.10 Å². The van der Waals surface area contributed by atoms with Crippen LogP contribution in [0.15, 0.2) is 30.5 Å². The Hall–Kier alpha value is -2.64. The molecular weight excluding hydrogens is 306 g/mol. The first-order valence-corrected chi connectivity index (χ1v) is 6.97. The monoisotopic (exact) mass is 324 g/mol. The molecule has 124 valence electrons. The molecule has 0 aliphatic heterocycles. The maximum Gasteiger partial charge on any atom is 0.282 e. The van der Waals surface area contributed by atoms with E-state index in [1.165, 1.54) is 11.7 Å². The zero-order valence-corrected chi connectivity index (χ0v) is 12.8. The number of nitrogens with one attached hydrogen (secondary N) is 2. The van der Waals surface area contributed by atoms with Crippen LogP contribution < -0.4 is 15.4 Å². The van der Waals surface area contributed by atoms with Crippen molar-refractivity contribution in [3.8, 4) is 5.75 Å². The van der Waals surface area contributed by atoms with Crippen LogP contribution in [0.3, 0.4) is 0 Å². The number of rotatable bonds is 7. The molecule has 1 aromatic heterocycles. The van der Waals surface area contributed by atoms with E-state index in [4.69, 9.17) is 4.74 Å². The average molecular weight is 324 g/mol. The maximum atomic E-state index is 12.9. The third-order valence-electron chi connectivity index (χ3n) is 3.11. The number of amides is 1. The number of nitrogens with zero attached hydrogens (tertiary/aromatic N) is 2. The smallest absolute Gasteiger partial charge is 0.282 e. The number of anilines is 1. The summed E-state index contributed by atoms with van der Waals surface area (Å²) in [6, 6.07) is 6.94. The molecule has 23 heavy (non-hydrogen) atoms. The van der Waals surface area contributed by atoms with Crippen molar-refractivity contribution in [2.24, 2.45) is 7.05 Å². The van der Waals surface area contributed by atoms with Crippen molar-refractivity contribution in [3.05, 3.63) is 41.7 Å². The number of hydrogen-bond donors (Lipinski definition) is 2. The van der Waals surface area contributed by atoms with Gasteiger partial charge in [0.05, 0.1) is 0 Å². The highest BCUT2D eigenvalue weighted by atomic mass is 19.3. The highest BCUT2D eigenvalue weighted by Gasteiger charge is 2.17. The van der Waals surface area contributed by atoms with Gasteiger partial charge in [0, 0.05) is 44.2 Å². The van der Waals surface area contributed by atoms with E-state index in [9.17, 15) is 13.6 Å². The van der Waals surface area contributed by atoms with Crippen LogP contribution in [-0.4, -0.2) is 29.3 Å². The first kappa shape index (κ1) is 16.7. The normalized spacial score (nSPS) is 10.7. The van der Waals surface area contributed by atoms with Gasteiger partial charge in [-0.05, 0) is 12.1 Å². The molecule has 2 aromatic rings. The van der Waals surface area contributed by atoms with Crippen molar-refractivity contribution in [1.82, 2.24) is 15.1 Å². The Kier molecular flexibility index (Phi) is 5.51. The molecule has 1 aromatic carbocycles. The van der Waals surface area contributed by atoms with Gasteiger partial charge in [0.15, 0.2) is 6.61 Å². The first-order chi connectivity index (χ1) is 11.0. The minimum Gasteiger partial charge on any atom is -0.484 e. The number of ether oxygens (including phenoxy) is 1. The van der Waals surface area contributed by atoms with E-state index >= 15 is 0 Å². The van der Waals surface area contributed by atoms with E-state index in [0.717, 1.165) is 0 Å². The van der Waals surface area contributed by atoms with Crippen LogP contribution in [0, 0.1) is 0 Å². The Morgan fingerprint density at radius 2 is 2.22 bits per heavy atom. The van der Waals surface area contributed by atoms with Gasteiger partial charge in [0.25, 0.3) is 12.3 Å². The van der Waals surface area contributed by atoms with Crippen molar-refractivity contribution in [3.63, 3.8) is 0 Å². The molecule has 1 heterocycles. The molecule has 2 N–H and O–H groups in total. The van der Waals surface area contributed by atoms with Crippen LogP contribution in [0.4, 0.5) is 14.5 Å². The molecule has 0 atom stereocenters. The number of carbonyl (C=O) groups is 1. The number of hydrogen-bond acceptors (Lipinski definition) is 4.